The van der Waals surface area contributed by atoms with Crippen molar-refractivity contribution >= 4 is 0 Å². The Labute approximate surface area is 151 Å². The van der Waals surface area contributed by atoms with E-state index >= 15 is 0 Å². The summed E-state index contributed by atoms with van der Waals surface area (Å²) in [6.07, 6.45) is 0. The first kappa shape index (κ1) is 17.3. The Morgan fingerprint density at radius 2 is 0.880 bits per heavy atom. The van der Waals surface area contributed by atoms with Gasteiger partial charge in [0.1, 0.15) is 5.75 Å². The molecule has 1 heteroatoms. The van der Waals surface area contributed by atoms with Crippen LogP contribution >= 0.6 is 0 Å². The Balaban J connectivity index is 2.28. The van der Waals surface area contributed by atoms with Crippen LogP contribution in [0.1, 0.15) is 33.4 Å². The van der Waals surface area contributed by atoms with Crippen LogP contribution in [0.5, 0.6) is 5.75 Å². The van der Waals surface area contributed by atoms with Crippen LogP contribution in [0.15, 0.2) is 42.5 Å². The highest BCUT2D eigenvalue weighted by atomic mass is 16.3. The average molecular weight is 330 g/mol. The average Bonchev–Trinajstić information content (AvgIpc) is 2.48. The quantitative estimate of drug-likeness (QED) is 0.563. The van der Waals surface area contributed by atoms with Gasteiger partial charge in [-0.15, -0.1) is 0 Å². The van der Waals surface area contributed by atoms with E-state index in [1.807, 2.05) is 18.2 Å². The van der Waals surface area contributed by atoms with Gasteiger partial charge in [-0.3, -0.25) is 0 Å². The lowest BCUT2D eigenvalue weighted by molar-refractivity contribution is 0.479. The largest absolute Gasteiger partial charge is 0.507 e. The van der Waals surface area contributed by atoms with Crippen molar-refractivity contribution in [3.8, 4) is 28.0 Å². The van der Waals surface area contributed by atoms with E-state index in [9.17, 15) is 5.11 Å². The van der Waals surface area contributed by atoms with Gasteiger partial charge in [-0.25, -0.2) is 0 Å². The van der Waals surface area contributed by atoms with Gasteiger partial charge in [0, 0.05) is 11.1 Å². The third-order valence-electron chi connectivity index (χ3n) is 4.93. The molecule has 0 unspecified atom stereocenters. The van der Waals surface area contributed by atoms with E-state index in [1.165, 1.54) is 33.4 Å². The number of rotatable bonds is 2. The molecule has 0 atom stereocenters. The molecule has 25 heavy (non-hydrogen) atoms. The number of aromatic hydroxyl groups is 1. The Bertz CT molecular complexity index is 842. The minimum atomic E-state index is 0.368. The highest BCUT2D eigenvalue weighted by Crippen LogP contribution is 2.42. The molecule has 0 fully saturated rings. The van der Waals surface area contributed by atoms with E-state index in [1.54, 1.807) is 0 Å². The highest BCUT2D eigenvalue weighted by molar-refractivity contribution is 5.86. The molecule has 0 aliphatic heterocycles. The summed E-state index contributed by atoms with van der Waals surface area (Å²) in [6, 6.07) is 14.8. The molecule has 1 nitrogen and oxygen atoms in total. The summed E-state index contributed by atoms with van der Waals surface area (Å²) < 4.78 is 0. The smallest absolute Gasteiger partial charge is 0.131 e. The molecule has 0 aliphatic rings. The maximum Gasteiger partial charge on any atom is 0.131 e. The van der Waals surface area contributed by atoms with Crippen molar-refractivity contribution in [2.45, 2.75) is 41.5 Å². The zero-order valence-corrected chi connectivity index (χ0v) is 16.0. The van der Waals surface area contributed by atoms with Crippen LogP contribution in [0.4, 0.5) is 0 Å². The Morgan fingerprint density at radius 1 is 0.560 bits per heavy atom. The lowest BCUT2D eigenvalue weighted by atomic mass is 9.88. The van der Waals surface area contributed by atoms with Gasteiger partial charge < -0.3 is 5.11 Å². The summed E-state index contributed by atoms with van der Waals surface area (Å²) in [4.78, 5) is 0. The number of hydrogen-bond donors (Lipinski definition) is 1. The van der Waals surface area contributed by atoms with Gasteiger partial charge in [0.15, 0.2) is 0 Å². The van der Waals surface area contributed by atoms with Gasteiger partial charge >= 0.3 is 0 Å². The molecule has 1 N–H and O–H groups in total. The molecule has 0 amide bonds. The second-order valence-electron chi connectivity index (χ2n) is 7.25. The molecule has 3 rings (SSSR count). The van der Waals surface area contributed by atoms with E-state index in [0.717, 1.165) is 22.3 Å². The fraction of sp³-hybridized carbons (Fsp3) is 0.250. The van der Waals surface area contributed by atoms with E-state index < -0.39 is 0 Å². The summed E-state index contributed by atoms with van der Waals surface area (Å²) in [5.74, 6) is 0.368. The molecule has 0 saturated carbocycles. The molecule has 0 radical (unpaired) electrons. The van der Waals surface area contributed by atoms with Crippen molar-refractivity contribution in [1.29, 1.82) is 0 Å². The lowest BCUT2D eigenvalue weighted by Crippen LogP contribution is -1.94. The van der Waals surface area contributed by atoms with E-state index in [4.69, 9.17) is 0 Å². The first-order valence-corrected chi connectivity index (χ1v) is 8.78. The molecule has 128 valence electrons. The normalized spacial score (nSPS) is 11.0. The second kappa shape index (κ2) is 6.40. The van der Waals surface area contributed by atoms with Crippen LogP contribution in [-0.2, 0) is 0 Å². The number of hydrogen-bond acceptors (Lipinski definition) is 1. The van der Waals surface area contributed by atoms with Crippen LogP contribution < -0.4 is 0 Å². The first-order valence-electron chi connectivity index (χ1n) is 8.78. The molecule has 3 aromatic carbocycles. The van der Waals surface area contributed by atoms with Crippen molar-refractivity contribution in [2.75, 3.05) is 0 Å². The Morgan fingerprint density at radius 3 is 1.20 bits per heavy atom. The van der Waals surface area contributed by atoms with Crippen LogP contribution in [0, 0.1) is 41.5 Å². The molecular weight excluding hydrogens is 304 g/mol. The molecule has 0 aromatic heterocycles. The summed E-state index contributed by atoms with van der Waals surface area (Å²) in [5.41, 5.74) is 11.4. The second-order valence-corrected chi connectivity index (χ2v) is 7.25. The number of phenols is 1. The predicted molar refractivity (Wildman–Crippen MR) is 107 cm³/mol. The molecule has 3 aromatic rings. The molecule has 0 saturated heterocycles. The molecule has 0 spiro atoms. The van der Waals surface area contributed by atoms with Crippen LogP contribution in [0.2, 0.25) is 0 Å². The van der Waals surface area contributed by atoms with Gasteiger partial charge in [0.2, 0.25) is 0 Å². The zero-order chi connectivity index (χ0) is 18.3. The van der Waals surface area contributed by atoms with Crippen molar-refractivity contribution in [3.05, 3.63) is 75.8 Å². The summed E-state index contributed by atoms with van der Waals surface area (Å²) in [5, 5.41) is 11.1. The van der Waals surface area contributed by atoms with Gasteiger partial charge in [0.05, 0.1) is 0 Å². The van der Waals surface area contributed by atoms with Gasteiger partial charge in [-0.2, -0.15) is 0 Å². The standard InChI is InChI=1S/C24H26O/c1-14-10-16(3)22(17(4)11-14)20-8-7-9-21(24(20)25)23-18(5)12-15(2)13-19(23)6/h7-13,25H,1-6H3. The van der Waals surface area contributed by atoms with Gasteiger partial charge in [0.25, 0.3) is 0 Å². The predicted octanol–water partition coefficient (Wildman–Crippen LogP) is 6.58. The minimum Gasteiger partial charge on any atom is -0.507 e. The SMILES string of the molecule is Cc1cc(C)c(-c2cccc(-c3c(C)cc(C)cc3C)c2O)c(C)c1. The van der Waals surface area contributed by atoms with E-state index in [2.05, 4.69) is 65.8 Å². The summed E-state index contributed by atoms with van der Waals surface area (Å²) in [6.45, 7) is 12.7. The summed E-state index contributed by atoms with van der Waals surface area (Å²) in [7, 11) is 0. The van der Waals surface area contributed by atoms with Gasteiger partial charge in [-0.1, -0.05) is 53.6 Å². The third kappa shape index (κ3) is 3.07. The third-order valence-corrected chi connectivity index (χ3v) is 4.93. The maximum absolute atomic E-state index is 11.1. The van der Waals surface area contributed by atoms with Crippen molar-refractivity contribution in [3.63, 3.8) is 0 Å². The monoisotopic (exact) mass is 330 g/mol. The van der Waals surface area contributed by atoms with E-state index in [0.29, 0.717) is 5.75 Å². The number of para-hydroxylation sites is 1. The zero-order valence-electron chi connectivity index (χ0n) is 16.0. The fourth-order valence-electron chi connectivity index (χ4n) is 4.16. The summed E-state index contributed by atoms with van der Waals surface area (Å²) >= 11 is 0. The van der Waals surface area contributed by atoms with Gasteiger partial charge in [-0.05, 0) is 74.9 Å². The topological polar surface area (TPSA) is 20.2 Å². The van der Waals surface area contributed by atoms with Crippen molar-refractivity contribution < 1.29 is 5.11 Å². The Kier molecular flexibility index (Phi) is 4.43. The molecular formula is C24H26O. The Hall–Kier alpha value is -2.54. The van der Waals surface area contributed by atoms with Crippen LogP contribution in [-0.4, -0.2) is 5.11 Å². The molecule has 0 heterocycles. The minimum absolute atomic E-state index is 0.368. The molecule has 0 aliphatic carbocycles. The van der Waals surface area contributed by atoms with Crippen LogP contribution in [0.25, 0.3) is 22.3 Å². The maximum atomic E-state index is 11.1. The van der Waals surface area contributed by atoms with Crippen molar-refractivity contribution in [1.82, 2.24) is 0 Å². The van der Waals surface area contributed by atoms with E-state index in [-0.39, 0.29) is 0 Å². The number of benzene rings is 3. The number of aryl methyl sites for hydroxylation is 6. The highest BCUT2D eigenvalue weighted by Gasteiger charge is 2.17. The van der Waals surface area contributed by atoms with Crippen LogP contribution in [0.3, 0.4) is 0 Å². The lowest BCUT2D eigenvalue weighted by Gasteiger charge is -2.18. The van der Waals surface area contributed by atoms with Crippen molar-refractivity contribution in [2.24, 2.45) is 0 Å². The molecule has 0 bridgehead atoms. The fourth-order valence-corrected chi connectivity index (χ4v) is 4.16. The number of phenolic OH excluding ortho intramolecular Hbond substituents is 1. The first-order chi connectivity index (χ1) is 11.8.